The van der Waals surface area contributed by atoms with E-state index in [9.17, 15) is 19.5 Å². The van der Waals surface area contributed by atoms with Crippen LogP contribution in [0.3, 0.4) is 0 Å². The number of anilines is 1. The lowest BCUT2D eigenvalue weighted by Gasteiger charge is -2.20. The topological polar surface area (TPSA) is 123 Å². The van der Waals surface area contributed by atoms with E-state index < -0.39 is 36.0 Å². The maximum Gasteiger partial charge on any atom is 0.326 e. The lowest BCUT2D eigenvalue weighted by Crippen LogP contribution is -2.51. The Kier molecular flexibility index (Phi) is 9.19. The number of benzene rings is 3. The van der Waals surface area contributed by atoms with Crippen molar-refractivity contribution in [3.63, 3.8) is 0 Å². The minimum absolute atomic E-state index is 0.00779. The van der Waals surface area contributed by atoms with Gasteiger partial charge in [0.05, 0.1) is 0 Å². The van der Waals surface area contributed by atoms with Gasteiger partial charge in [-0.1, -0.05) is 59.6 Å². The highest BCUT2D eigenvalue weighted by Gasteiger charge is 2.41. The third-order valence-electron chi connectivity index (χ3n) is 5.75. The molecule has 38 heavy (non-hydrogen) atoms. The molecule has 4 rings (SSSR count). The summed E-state index contributed by atoms with van der Waals surface area (Å²) in [4.78, 5) is 37.3. The second-order valence-corrected chi connectivity index (χ2v) is 9.20. The van der Waals surface area contributed by atoms with Crippen molar-refractivity contribution in [1.29, 1.82) is 0 Å². The van der Waals surface area contributed by atoms with Crippen molar-refractivity contribution in [3.8, 4) is 5.75 Å². The molecule has 0 bridgehead atoms. The standard InChI is InChI=1S/C27H24Cl2N2O7/c28-20-7-4-8-21(29)19(20)14-36-18-11-9-16(10-12-18)13-22(27(34)35)31-26(33)24-23(37-15-38-24)25(32)30-17-5-2-1-3-6-17/h1-12,22-24H,13-15H2,(H,30,32)(H,31,33)(H,34,35). The molecule has 1 heterocycles. The Morgan fingerprint density at radius 2 is 1.53 bits per heavy atom. The Morgan fingerprint density at radius 1 is 0.895 bits per heavy atom. The van der Waals surface area contributed by atoms with Gasteiger partial charge in [0.2, 0.25) is 0 Å². The molecule has 1 aliphatic heterocycles. The van der Waals surface area contributed by atoms with Crippen LogP contribution in [0.25, 0.3) is 0 Å². The lowest BCUT2D eigenvalue weighted by molar-refractivity contribution is -0.144. The maximum absolute atomic E-state index is 12.8. The summed E-state index contributed by atoms with van der Waals surface area (Å²) in [5, 5.41) is 15.8. The van der Waals surface area contributed by atoms with Gasteiger partial charge in [-0.25, -0.2) is 4.79 Å². The molecule has 3 unspecified atom stereocenters. The van der Waals surface area contributed by atoms with Crippen LogP contribution in [0.1, 0.15) is 11.1 Å². The van der Waals surface area contributed by atoms with Gasteiger partial charge in [0.15, 0.2) is 12.2 Å². The molecule has 3 aromatic carbocycles. The first-order valence-electron chi connectivity index (χ1n) is 11.6. The third kappa shape index (κ3) is 7.02. The highest BCUT2D eigenvalue weighted by atomic mass is 35.5. The SMILES string of the molecule is O=C(O)C(Cc1ccc(OCc2c(Cl)cccc2Cl)cc1)NC(=O)C1OCOC1C(=O)Nc1ccccc1. The second-order valence-electron chi connectivity index (χ2n) is 8.38. The van der Waals surface area contributed by atoms with Crippen LogP contribution in [0.2, 0.25) is 10.0 Å². The number of carbonyl (C=O) groups excluding carboxylic acids is 2. The van der Waals surface area contributed by atoms with E-state index in [2.05, 4.69) is 10.6 Å². The first-order valence-corrected chi connectivity index (χ1v) is 12.3. The average Bonchev–Trinajstić information content (AvgIpc) is 3.40. The van der Waals surface area contributed by atoms with Gasteiger partial charge in [-0.15, -0.1) is 0 Å². The first kappa shape index (κ1) is 27.4. The summed E-state index contributed by atoms with van der Waals surface area (Å²) < 4.78 is 16.3. The van der Waals surface area contributed by atoms with E-state index in [1.165, 1.54) is 0 Å². The molecule has 0 aliphatic carbocycles. The van der Waals surface area contributed by atoms with Crippen molar-refractivity contribution < 1.29 is 33.7 Å². The zero-order chi connectivity index (χ0) is 27.1. The van der Waals surface area contributed by atoms with E-state index in [0.29, 0.717) is 32.6 Å². The van der Waals surface area contributed by atoms with Crippen molar-refractivity contribution in [3.05, 3.63) is 94.0 Å². The number of carboxylic acids is 1. The van der Waals surface area contributed by atoms with Crippen LogP contribution >= 0.6 is 23.2 Å². The van der Waals surface area contributed by atoms with Gasteiger partial charge in [-0.05, 0) is 42.0 Å². The summed E-state index contributed by atoms with van der Waals surface area (Å²) in [6.07, 6.45) is -2.53. The Morgan fingerprint density at radius 3 is 2.16 bits per heavy atom. The molecular weight excluding hydrogens is 535 g/mol. The van der Waals surface area contributed by atoms with Crippen LogP contribution in [0.15, 0.2) is 72.8 Å². The van der Waals surface area contributed by atoms with Gasteiger partial charge < -0.3 is 30.0 Å². The molecule has 1 saturated heterocycles. The molecule has 0 spiro atoms. The Hall–Kier alpha value is -3.63. The Balaban J connectivity index is 1.34. The van der Waals surface area contributed by atoms with Crippen LogP contribution < -0.4 is 15.4 Å². The van der Waals surface area contributed by atoms with Gasteiger partial charge >= 0.3 is 5.97 Å². The molecule has 0 radical (unpaired) electrons. The summed E-state index contributed by atoms with van der Waals surface area (Å²) in [6, 6.07) is 19.3. The smallest absolute Gasteiger partial charge is 0.326 e. The quantitative estimate of drug-likeness (QED) is 0.342. The molecule has 3 N–H and O–H groups in total. The number of ether oxygens (including phenoxy) is 3. The van der Waals surface area contributed by atoms with Crippen molar-refractivity contribution in [1.82, 2.24) is 5.32 Å². The number of nitrogens with one attached hydrogen (secondary N) is 2. The molecule has 3 aromatic rings. The minimum atomic E-state index is -1.30. The van der Waals surface area contributed by atoms with Crippen LogP contribution in [0, 0.1) is 0 Å². The first-order chi connectivity index (χ1) is 18.3. The fourth-order valence-corrected chi connectivity index (χ4v) is 4.27. The van der Waals surface area contributed by atoms with E-state index in [1.54, 1.807) is 72.8 Å². The molecule has 9 nitrogen and oxygen atoms in total. The van der Waals surface area contributed by atoms with E-state index in [0.717, 1.165) is 0 Å². The number of rotatable bonds is 10. The number of amides is 2. The largest absolute Gasteiger partial charge is 0.489 e. The van der Waals surface area contributed by atoms with Crippen molar-refractivity contribution in [2.75, 3.05) is 12.1 Å². The van der Waals surface area contributed by atoms with Gasteiger partial charge in [0.25, 0.3) is 11.8 Å². The molecule has 11 heteroatoms. The normalized spacial score (nSPS) is 17.4. The van der Waals surface area contributed by atoms with Gasteiger partial charge in [-0.3, -0.25) is 9.59 Å². The van der Waals surface area contributed by atoms with E-state index in [4.69, 9.17) is 37.4 Å². The predicted molar refractivity (Wildman–Crippen MR) is 140 cm³/mol. The number of aliphatic carboxylic acids is 1. The highest BCUT2D eigenvalue weighted by molar-refractivity contribution is 6.35. The molecule has 1 fully saturated rings. The summed E-state index contributed by atoms with van der Waals surface area (Å²) in [6.45, 7) is -0.113. The number of hydrogen-bond donors (Lipinski definition) is 3. The molecule has 3 atom stereocenters. The van der Waals surface area contributed by atoms with Crippen LogP contribution in [-0.4, -0.2) is 47.9 Å². The summed E-state index contributed by atoms with van der Waals surface area (Å²) in [7, 11) is 0. The summed E-state index contributed by atoms with van der Waals surface area (Å²) in [5.41, 5.74) is 1.82. The predicted octanol–water partition coefficient (Wildman–Crippen LogP) is 4.06. The molecular formula is C27H24Cl2N2O7. The zero-order valence-corrected chi connectivity index (χ0v) is 21.4. The zero-order valence-electron chi connectivity index (χ0n) is 19.9. The summed E-state index contributed by atoms with van der Waals surface area (Å²) in [5.74, 6) is -2.05. The molecule has 1 aliphatic rings. The molecule has 2 amide bonds. The number of para-hydroxylation sites is 1. The summed E-state index contributed by atoms with van der Waals surface area (Å²) >= 11 is 12.3. The molecule has 198 valence electrons. The number of halogens is 2. The van der Waals surface area contributed by atoms with E-state index >= 15 is 0 Å². The highest BCUT2D eigenvalue weighted by Crippen LogP contribution is 2.26. The lowest BCUT2D eigenvalue weighted by atomic mass is 10.0. The fourth-order valence-electron chi connectivity index (χ4n) is 3.76. The molecule has 0 saturated carbocycles. The second kappa shape index (κ2) is 12.7. The van der Waals surface area contributed by atoms with Crippen LogP contribution in [0.4, 0.5) is 5.69 Å². The molecule has 0 aromatic heterocycles. The van der Waals surface area contributed by atoms with Crippen LogP contribution in [0.5, 0.6) is 5.75 Å². The van der Waals surface area contributed by atoms with Crippen LogP contribution in [-0.2, 0) is 36.9 Å². The monoisotopic (exact) mass is 558 g/mol. The van der Waals surface area contributed by atoms with E-state index in [-0.39, 0.29) is 19.8 Å². The number of hydrogen-bond acceptors (Lipinski definition) is 6. The van der Waals surface area contributed by atoms with Crippen molar-refractivity contribution >= 4 is 46.7 Å². The Labute approximate surface area is 228 Å². The maximum atomic E-state index is 12.8. The van der Waals surface area contributed by atoms with Crippen molar-refractivity contribution in [2.45, 2.75) is 31.3 Å². The third-order valence-corrected chi connectivity index (χ3v) is 6.46. The fraction of sp³-hybridized carbons (Fsp3) is 0.222. The van der Waals surface area contributed by atoms with Gasteiger partial charge in [0.1, 0.15) is 25.2 Å². The number of carbonyl (C=O) groups is 3. The van der Waals surface area contributed by atoms with E-state index in [1.807, 2.05) is 0 Å². The van der Waals surface area contributed by atoms with Gasteiger partial charge in [0, 0.05) is 27.7 Å². The minimum Gasteiger partial charge on any atom is -0.489 e. The van der Waals surface area contributed by atoms with Crippen molar-refractivity contribution in [2.24, 2.45) is 0 Å². The van der Waals surface area contributed by atoms with Gasteiger partial charge in [-0.2, -0.15) is 0 Å². The number of carboxylic acid groups (broad SMARTS) is 1. The average molecular weight is 559 g/mol. The Bertz CT molecular complexity index is 1270.